The van der Waals surface area contributed by atoms with Crippen molar-refractivity contribution in [3.63, 3.8) is 0 Å². The fourth-order valence-corrected chi connectivity index (χ4v) is 1.00. The summed E-state index contributed by atoms with van der Waals surface area (Å²) in [7, 11) is 0. The molecule has 1 heterocycles. The summed E-state index contributed by atoms with van der Waals surface area (Å²) >= 11 is 0. The first kappa shape index (κ1) is 13.8. The average molecular weight is 258 g/mol. The van der Waals surface area contributed by atoms with Crippen LogP contribution in [-0.2, 0) is 4.74 Å². The van der Waals surface area contributed by atoms with Crippen molar-refractivity contribution < 1.29 is 26.7 Å². The Kier molecular flexibility index (Phi) is 3.97. The van der Waals surface area contributed by atoms with Crippen LogP contribution in [0.15, 0.2) is 23.6 Å². The van der Waals surface area contributed by atoms with E-state index >= 15 is 0 Å². The fourth-order valence-electron chi connectivity index (χ4n) is 1.00. The molecule has 17 heavy (non-hydrogen) atoms. The van der Waals surface area contributed by atoms with Crippen molar-refractivity contribution >= 4 is 0 Å². The number of allylic oxidation sites excluding steroid dienone is 2. The van der Waals surface area contributed by atoms with E-state index in [9.17, 15) is 22.0 Å². The van der Waals surface area contributed by atoms with Crippen LogP contribution in [0.2, 0.25) is 0 Å². The van der Waals surface area contributed by atoms with Gasteiger partial charge >= 0.3 is 12.1 Å². The second-order valence-corrected chi connectivity index (χ2v) is 3.40. The SMILES string of the molecule is NCC1=CC=C(OCC(F)(F)C(F)(F)F)NC1. The summed E-state index contributed by atoms with van der Waals surface area (Å²) < 4.78 is 64.8. The molecule has 0 atom stereocenters. The van der Waals surface area contributed by atoms with Crippen LogP contribution < -0.4 is 11.1 Å². The number of halogens is 5. The Hall–Kier alpha value is -1.31. The predicted molar refractivity (Wildman–Crippen MR) is 50.2 cm³/mol. The number of alkyl halides is 5. The van der Waals surface area contributed by atoms with Crippen molar-refractivity contribution in [2.45, 2.75) is 12.1 Å². The van der Waals surface area contributed by atoms with Gasteiger partial charge in [-0.2, -0.15) is 22.0 Å². The van der Waals surface area contributed by atoms with Gasteiger partial charge in [0.25, 0.3) is 0 Å². The highest BCUT2D eigenvalue weighted by atomic mass is 19.4. The van der Waals surface area contributed by atoms with E-state index in [4.69, 9.17) is 5.73 Å². The lowest BCUT2D eigenvalue weighted by Crippen LogP contribution is -2.41. The third kappa shape index (κ3) is 3.58. The molecule has 1 aliphatic rings. The van der Waals surface area contributed by atoms with Gasteiger partial charge in [-0.1, -0.05) is 6.08 Å². The third-order valence-corrected chi connectivity index (χ3v) is 2.05. The highest BCUT2D eigenvalue weighted by molar-refractivity contribution is 5.22. The van der Waals surface area contributed by atoms with E-state index in [1.807, 2.05) is 0 Å². The van der Waals surface area contributed by atoms with Gasteiger partial charge < -0.3 is 15.8 Å². The Bertz CT molecular complexity index is 335. The van der Waals surface area contributed by atoms with Crippen LogP contribution in [0.1, 0.15) is 0 Å². The van der Waals surface area contributed by atoms with Crippen molar-refractivity contribution in [3.05, 3.63) is 23.6 Å². The van der Waals surface area contributed by atoms with E-state index in [-0.39, 0.29) is 19.0 Å². The van der Waals surface area contributed by atoms with Crippen LogP contribution in [-0.4, -0.2) is 31.8 Å². The quantitative estimate of drug-likeness (QED) is 0.752. The third-order valence-electron chi connectivity index (χ3n) is 2.05. The van der Waals surface area contributed by atoms with E-state index in [2.05, 4.69) is 10.1 Å². The van der Waals surface area contributed by atoms with E-state index in [0.29, 0.717) is 0 Å². The minimum Gasteiger partial charge on any atom is -0.472 e. The van der Waals surface area contributed by atoms with Gasteiger partial charge in [0.15, 0.2) is 12.5 Å². The number of nitrogens with one attached hydrogen (secondary N) is 1. The highest BCUT2D eigenvalue weighted by Gasteiger charge is 2.58. The molecule has 98 valence electrons. The number of hydrogen-bond acceptors (Lipinski definition) is 3. The molecule has 0 aromatic carbocycles. The average Bonchev–Trinajstić information content (AvgIpc) is 2.25. The second-order valence-electron chi connectivity index (χ2n) is 3.40. The summed E-state index contributed by atoms with van der Waals surface area (Å²) in [5.74, 6) is -5.00. The molecule has 0 saturated carbocycles. The maximum absolute atomic E-state index is 12.5. The maximum atomic E-state index is 12.5. The van der Waals surface area contributed by atoms with Crippen LogP contribution in [0.4, 0.5) is 22.0 Å². The van der Waals surface area contributed by atoms with Crippen LogP contribution in [0.5, 0.6) is 0 Å². The van der Waals surface area contributed by atoms with E-state index < -0.39 is 18.7 Å². The maximum Gasteiger partial charge on any atom is 0.456 e. The summed E-state index contributed by atoms with van der Waals surface area (Å²) in [6, 6.07) is 0. The highest BCUT2D eigenvalue weighted by Crippen LogP contribution is 2.35. The van der Waals surface area contributed by atoms with Gasteiger partial charge in [0.1, 0.15) is 0 Å². The van der Waals surface area contributed by atoms with Gasteiger partial charge in [-0.3, -0.25) is 0 Å². The largest absolute Gasteiger partial charge is 0.472 e. The second kappa shape index (κ2) is 4.91. The van der Waals surface area contributed by atoms with Crippen molar-refractivity contribution in [3.8, 4) is 0 Å². The molecule has 0 saturated heterocycles. The summed E-state index contributed by atoms with van der Waals surface area (Å²) in [6.07, 6.45) is -2.84. The summed E-state index contributed by atoms with van der Waals surface area (Å²) in [5.41, 5.74) is 6.09. The molecule has 0 spiro atoms. The van der Waals surface area contributed by atoms with Crippen molar-refractivity contribution in [1.82, 2.24) is 5.32 Å². The molecule has 1 aliphatic heterocycles. The van der Waals surface area contributed by atoms with Gasteiger partial charge in [0.2, 0.25) is 0 Å². The number of ether oxygens (including phenoxy) is 1. The molecule has 0 radical (unpaired) electrons. The van der Waals surface area contributed by atoms with Crippen molar-refractivity contribution in [1.29, 1.82) is 0 Å². The lowest BCUT2D eigenvalue weighted by Gasteiger charge is -2.22. The molecule has 8 heteroatoms. The van der Waals surface area contributed by atoms with Gasteiger partial charge in [0.05, 0.1) is 0 Å². The number of rotatable bonds is 4. The van der Waals surface area contributed by atoms with E-state index in [1.165, 1.54) is 12.2 Å². The molecular weight excluding hydrogens is 247 g/mol. The van der Waals surface area contributed by atoms with Crippen molar-refractivity contribution in [2.75, 3.05) is 19.7 Å². The Labute approximate surface area is 94.1 Å². The first-order valence-corrected chi connectivity index (χ1v) is 4.67. The molecule has 0 aromatic rings. The molecule has 0 bridgehead atoms. The van der Waals surface area contributed by atoms with Crippen LogP contribution >= 0.6 is 0 Å². The van der Waals surface area contributed by atoms with E-state index in [0.717, 1.165) is 5.57 Å². The first-order valence-electron chi connectivity index (χ1n) is 4.67. The normalized spacial score (nSPS) is 17.1. The molecule has 0 amide bonds. The monoisotopic (exact) mass is 258 g/mol. The molecule has 0 aromatic heterocycles. The minimum absolute atomic E-state index is 0.133. The van der Waals surface area contributed by atoms with Gasteiger partial charge in [0, 0.05) is 13.1 Å². The lowest BCUT2D eigenvalue weighted by atomic mass is 10.2. The Morgan fingerprint density at radius 1 is 1.24 bits per heavy atom. The summed E-state index contributed by atoms with van der Waals surface area (Å²) in [4.78, 5) is 0. The number of nitrogens with two attached hydrogens (primary N) is 1. The molecule has 3 N–H and O–H groups in total. The topological polar surface area (TPSA) is 47.3 Å². The van der Waals surface area contributed by atoms with Crippen molar-refractivity contribution in [2.24, 2.45) is 5.73 Å². The molecule has 3 nitrogen and oxygen atoms in total. The standard InChI is InChI=1S/C9H11F5N2O/c10-8(11,9(12,13)14)5-17-7-2-1-6(3-15)4-16-7/h1-2,16H,3-5,15H2. The Morgan fingerprint density at radius 2 is 1.88 bits per heavy atom. The van der Waals surface area contributed by atoms with Gasteiger partial charge in [-0.25, -0.2) is 0 Å². The zero-order valence-corrected chi connectivity index (χ0v) is 8.65. The molecular formula is C9H11F5N2O. The number of dihydropyridines is 1. The smallest absolute Gasteiger partial charge is 0.456 e. The van der Waals surface area contributed by atoms with Gasteiger partial charge in [-0.15, -0.1) is 0 Å². The number of hydrogen-bond donors (Lipinski definition) is 2. The summed E-state index contributed by atoms with van der Waals surface area (Å²) in [6.45, 7) is -1.21. The van der Waals surface area contributed by atoms with Crippen LogP contribution in [0.25, 0.3) is 0 Å². The zero-order chi connectivity index (χ0) is 13.1. The molecule has 1 rings (SSSR count). The lowest BCUT2D eigenvalue weighted by molar-refractivity contribution is -0.294. The van der Waals surface area contributed by atoms with Gasteiger partial charge in [-0.05, 0) is 11.6 Å². The Morgan fingerprint density at radius 3 is 2.29 bits per heavy atom. The molecule has 0 unspecified atom stereocenters. The Balaban J connectivity index is 2.53. The fraction of sp³-hybridized carbons (Fsp3) is 0.556. The molecule has 0 fully saturated rings. The first-order chi connectivity index (χ1) is 7.76. The van der Waals surface area contributed by atoms with Crippen LogP contribution in [0, 0.1) is 0 Å². The summed E-state index contributed by atoms with van der Waals surface area (Å²) in [5, 5.41) is 2.53. The predicted octanol–water partition coefficient (Wildman–Crippen LogP) is 1.53. The zero-order valence-electron chi connectivity index (χ0n) is 8.65. The molecule has 0 aliphatic carbocycles. The van der Waals surface area contributed by atoms with E-state index in [1.54, 1.807) is 0 Å². The van der Waals surface area contributed by atoms with Crippen LogP contribution in [0.3, 0.4) is 0 Å². The minimum atomic E-state index is -5.61.